The van der Waals surface area contributed by atoms with E-state index in [1.807, 2.05) is 6.07 Å². The summed E-state index contributed by atoms with van der Waals surface area (Å²) in [5, 5.41) is 2.20. The normalized spacial score (nSPS) is 15.0. The summed E-state index contributed by atoms with van der Waals surface area (Å²) in [7, 11) is 2.06. The lowest BCUT2D eigenvalue weighted by Crippen LogP contribution is -2.30. The topological polar surface area (TPSA) is 21.4 Å². The van der Waals surface area contributed by atoms with E-state index in [9.17, 15) is 0 Å². The van der Waals surface area contributed by atoms with E-state index in [4.69, 9.17) is 11.0 Å². The number of benzene rings is 2. The highest BCUT2D eigenvalue weighted by Crippen LogP contribution is 2.47. The lowest BCUT2D eigenvalue weighted by atomic mass is 9.82. The zero-order valence-electron chi connectivity index (χ0n) is 18.0. The molecule has 1 aliphatic carbocycles. The number of nitrogens with zero attached hydrogens (tertiary/aromatic N) is 2. The number of rotatable bonds is 2. The quantitative estimate of drug-likeness (QED) is 0.258. The molecular formula is C27H27N2O+. The molecule has 4 aromatic rings. The summed E-state index contributed by atoms with van der Waals surface area (Å²) in [6.45, 7) is 12.3. The summed E-state index contributed by atoms with van der Waals surface area (Å²) >= 11 is 0. The van der Waals surface area contributed by atoms with E-state index in [-0.39, 0.29) is 0 Å². The standard InChI is InChI=1S/C27H27N2O/c1-17-13-14-20-23-18(2)16-21(19-10-6-5-7-11-19)25(28-3)27(23)30-26(20)24(17)22-12-8-9-15-29(22)4/h8-9,12-16,19H,5-7,10-11H2,1-2,4H3/q+1. The summed E-state index contributed by atoms with van der Waals surface area (Å²) in [5.41, 5.74) is 8.20. The van der Waals surface area contributed by atoms with Gasteiger partial charge in [-0.25, -0.2) is 9.41 Å². The van der Waals surface area contributed by atoms with Gasteiger partial charge in [0, 0.05) is 22.9 Å². The second-order valence-corrected chi connectivity index (χ2v) is 8.72. The van der Waals surface area contributed by atoms with E-state index in [1.54, 1.807) is 0 Å². The van der Waals surface area contributed by atoms with Crippen molar-refractivity contribution in [2.45, 2.75) is 51.9 Å². The van der Waals surface area contributed by atoms with E-state index < -0.39 is 0 Å². The number of pyridine rings is 1. The van der Waals surface area contributed by atoms with Crippen LogP contribution in [0, 0.1) is 20.4 Å². The van der Waals surface area contributed by atoms with Crippen molar-refractivity contribution in [1.82, 2.24) is 0 Å². The van der Waals surface area contributed by atoms with Crippen molar-refractivity contribution in [3.05, 3.63) is 70.7 Å². The third-order valence-electron chi connectivity index (χ3n) is 6.79. The van der Waals surface area contributed by atoms with Crippen LogP contribution in [0.15, 0.2) is 47.0 Å². The number of hydrogen-bond donors (Lipinski definition) is 0. The number of aromatic nitrogens is 1. The summed E-state index contributed by atoms with van der Waals surface area (Å²) in [4.78, 5) is 4.00. The van der Waals surface area contributed by atoms with Gasteiger partial charge in [-0.05, 0) is 55.4 Å². The SMILES string of the molecule is [C-]#[N+]c1c(C2CCCCC2)cc(C)c2c1oc1c(-c3cccc[n+]3C)c(C)ccc12. The van der Waals surface area contributed by atoms with Crippen molar-refractivity contribution in [3.8, 4) is 11.3 Å². The number of fused-ring (bicyclic) bond motifs is 3. The molecule has 2 aromatic heterocycles. The Bertz CT molecular complexity index is 1320. The first kappa shape index (κ1) is 18.9. The van der Waals surface area contributed by atoms with Crippen molar-refractivity contribution in [3.63, 3.8) is 0 Å². The Morgan fingerprint density at radius 1 is 1.00 bits per heavy atom. The first-order valence-electron chi connectivity index (χ1n) is 10.9. The lowest BCUT2D eigenvalue weighted by Gasteiger charge is -2.23. The van der Waals surface area contributed by atoms with E-state index in [0.717, 1.165) is 38.9 Å². The van der Waals surface area contributed by atoms with Crippen LogP contribution in [0.2, 0.25) is 0 Å². The summed E-state index contributed by atoms with van der Waals surface area (Å²) in [6.07, 6.45) is 8.25. The van der Waals surface area contributed by atoms with Crippen LogP contribution in [0.1, 0.15) is 54.7 Å². The maximum atomic E-state index is 7.98. The molecule has 30 heavy (non-hydrogen) atoms. The molecule has 0 aliphatic heterocycles. The van der Waals surface area contributed by atoms with Crippen molar-refractivity contribution in [2.75, 3.05) is 0 Å². The molecule has 0 spiro atoms. The molecule has 3 heteroatoms. The first-order chi connectivity index (χ1) is 14.6. The molecule has 0 bridgehead atoms. The summed E-state index contributed by atoms with van der Waals surface area (Å²) < 4.78 is 8.71. The Labute approximate surface area is 177 Å². The highest BCUT2D eigenvalue weighted by molar-refractivity contribution is 6.14. The monoisotopic (exact) mass is 395 g/mol. The van der Waals surface area contributed by atoms with Crippen LogP contribution in [0.3, 0.4) is 0 Å². The van der Waals surface area contributed by atoms with E-state index in [2.05, 4.69) is 66.8 Å². The molecule has 0 N–H and O–H groups in total. The highest BCUT2D eigenvalue weighted by Gasteiger charge is 2.26. The predicted molar refractivity (Wildman–Crippen MR) is 122 cm³/mol. The van der Waals surface area contributed by atoms with Crippen LogP contribution in [-0.2, 0) is 7.05 Å². The van der Waals surface area contributed by atoms with Crippen molar-refractivity contribution in [2.24, 2.45) is 7.05 Å². The van der Waals surface area contributed by atoms with Crippen molar-refractivity contribution in [1.29, 1.82) is 0 Å². The Morgan fingerprint density at radius 2 is 1.80 bits per heavy atom. The smallest absolute Gasteiger partial charge is 0.232 e. The molecule has 3 nitrogen and oxygen atoms in total. The van der Waals surface area contributed by atoms with Crippen LogP contribution < -0.4 is 4.57 Å². The average Bonchev–Trinajstić information content (AvgIpc) is 3.15. The minimum absolute atomic E-state index is 0.479. The van der Waals surface area contributed by atoms with E-state index >= 15 is 0 Å². The molecule has 2 aromatic carbocycles. The molecule has 0 unspecified atom stereocenters. The van der Waals surface area contributed by atoms with Crippen molar-refractivity contribution < 1.29 is 8.98 Å². The van der Waals surface area contributed by atoms with Crippen LogP contribution >= 0.6 is 0 Å². The van der Waals surface area contributed by atoms with Crippen LogP contribution in [0.25, 0.3) is 38.0 Å². The average molecular weight is 396 g/mol. The molecule has 0 radical (unpaired) electrons. The molecule has 0 atom stereocenters. The Kier molecular flexibility index (Phi) is 4.59. The zero-order valence-corrected chi connectivity index (χ0v) is 18.0. The van der Waals surface area contributed by atoms with Gasteiger partial charge in [0.15, 0.2) is 6.20 Å². The van der Waals surface area contributed by atoms with Gasteiger partial charge in [-0.1, -0.05) is 37.5 Å². The molecule has 0 saturated heterocycles. The molecule has 1 aliphatic rings. The maximum Gasteiger partial charge on any atom is 0.232 e. The molecule has 1 saturated carbocycles. The third kappa shape index (κ3) is 2.82. The highest BCUT2D eigenvalue weighted by atomic mass is 16.3. The molecule has 0 amide bonds. The van der Waals surface area contributed by atoms with Crippen molar-refractivity contribution >= 4 is 27.6 Å². The number of furan rings is 1. The van der Waals surface area contributed by atoms with Gasteiger partial charge >= 0.3 is 0 Å². The lowest BCUT2D eigenvalue weighted by molar-refractivity contribution is -0.660. The van der Waals surface area contributed by atoms with Gasteiger partial charge in [0.2, 0.25) is 11.4 Å². The van der Waals surface area contributed by atoms with Gasteiger partial charge < -0.3 is 4.42 Å². The Morgan fingerprint density at radius 3 is 2.53 bits per heavy atom. The van der Waals surface area contributed by atoms with Gasteiger partial charge in [0.25, 0.3) is 0 Å². The molecular weight excluding hydrogens is 368 g/mol. The first-order valence-corrected chi connectivity index (χ1v) is 10.9. The maximum absolute atomic E-state index is 7.98. The third-order valence-corrected chi connectivity index (χ3v) is 6.79. The molecule has 150 valence electrons. The fourth-order valence-corrected chi connectivity index (χ4v) is 5.26. The summed E-state index contributed by atoms with van der Waals surface area (Å²) in [5.74, 6) is 0.479. The number of hydrogen-bond acceptors (Lipinski definition) is 1. The van der Waals surface area contributed by atoms with Gasteiger partial charge in [-0.15, -0.1) is 0 Å². The van der Waals surface area contributed by atoms with Gasteiger partial charge in [0.1, 0.15) is 18.2 Å². The van der Waals surface area contributed by atoms with Gasteiger partial charge in [-0.3, -0.25) is 0 Å². The molecule has 5 rings (SSSR count). The van der Waals surface area contributed by atoms with Gasteiger partial charge in [-0.2, -0.15) is 0 Å². The predicted octanol–water partition coefficient (Wildman–Crippen LogP) is 7.29. The van der Waals surface area contributed by atoms with Gasteiger partial charge in [0.05, 0.1) is 12.1 Å². The van der Waals surface area contributed by atoms with E-state index in [1.165, 1.54) is 48.8 Å². The van der Waals surface area contributed by atoms with Crippen LogP contribution in [0.5, 0.6) is 0 Å². The van der Waals surface area contributed by atoms with Crippen LogP contribution in [0.4, 0.5) is 5.69 Å². The second kappa shape index (κ2) is 7.29. The second-order valence-electron chi connectivity index (χ2n) is 8.72. The minimum Gasteiger partial charge on any atom is -0.466 e. The molecule has 2 heterocycles. The van der Waals surface area contributed by atoms with Crippen LogP contribution in [-0.4, -0.2) is 0 Å². The zero-order chi connectivity index (χ0) is 20.8. The minimum atomic E-state index is 0.479. The molecule has 1 fully saturated rings. The Hall–Kier alpha value is -3.12. The number of aryl methyl sites for hydroxylation is 3. The van der Waals surface area contributed by atoms with E-state index in [0.29, 0.717) is 5.92 Å². The summed E-state index contributed by atoms with van der Waals surface area (Å²) in [6, 6.07) is 12.8. The fourth-order valence-electron chi connectivity index (χ4n) is 5.26. The largest absolute Gasteiger partial charge is 0.466 e. The fraction of sp³-hybridized carbons (Fsp3) is 0.333. The Balaban J connectivity index is 1.85.